The maximum atomic E-state index is 13.1. The van der Waals surface area contributed by atoms with Gasteiger partial charge in [-0.1, -0.05) is 18.6 Å². The van der Waals surface area contributed by atoms with Crippen LogP contribution in [0.2, 0.25) is 0 Å². The number of methoxy groups -OCH3 is 2. The Morgan fingerprint density at radius 3 is 1.65 bits per heavy atom. The van der Waals surface area contributed by atoms with Crippen LogP contribution in [-0.4, -0.2) is 237 Å². The van der Waals surface area contributed by atoms with Gasteiger partial charge in [0.2, 0.25) is 0 Å². The number of rotatable bonds is 15. The van der Waals surface area contributed by atoms with Gasteiger partial charge in [0.1, 0.15) is 71.7 Å². The number of esters is 1. The topological polar surface area (TPSA) is 336 Å². The molecule has 5 aliphatic heterocycles. The van der Waals surface area contributed by atoms with E-state index in [4.69, 9.17) is 61.6 Å². The van der Waals surface area contributed by atoms with Crippen LogP contribution in [0, 0.1) is 16.7 Å². The Morgan fingerprint density at radius 1 is 0.633 bits per heavy atom. The third kappa shape index (κ3) is 10.8. The highest BCUT2D eigenvalue weighted by Gasteiger charge is 2.81. The van der Waals surface area contributed by atoms with Crippen LogP contribution in [0.15, 0.2) is 11.6 Å². The van der Waals surface area contributed by atoms with E-state index in [2.05, 4.69) is 6.92 Å². The molecular weight excluding hydrogens is 1040 g/mol. The SMILES string of the molecule is CO[C@H]1C[C@H](O[C@H]2CC[C@@]3(C)C(=CC[C@]4(O)[C@@H]3C[C@@H](OC(C)=O)[C@@]3(C)[C@]4(O)CC[C@@]3(O)C(C)=O)C2)O[C@H](C)[C@H]1O[C@H]1C[C@H](O)[C@H](O[C@H]2C[C@H](O)[C@H](O[C@H]3C[C@@H](OC)[C@H](O[C@@H]4O[C@H](CO)[C@@H](O)[C@H](O)[C@H]4O)[C@@H](C)O3)[C@@H](C)O2)[C@@H](C)O1. The number of hydrogen-bond acceptors (Lipinski definition) is 24. The molecule has 29 atom stereocenters. The molecule has 24 nitrogen and oxygen atoms in total. The molecule has 8 fully saturated rings. The number of carbonyl (C=O) groups is 2. The van der Waals surface area contributed by atoms with E-state index in [-0.39, 0.29) is 51.0 Å². The molecular formula is C55H88O24. The molecule has 0 amide bonds. The summed E-state index contributed by atoms with van der Waals surface area (Å²) in [4.78, 5) is 25.6. The van der Waals surface area contributed by atoms with Crippen molar-refractivity contribution >= 4 is 11.8 Å². The molecule has 5 saturated heterocycles. The molecule has 9 rings (SSSR count). The Morgan fingerprint density at radius 2 is 1.14 bits per heavy atom. The molecule has 0 radical (unpaired) electrons. The lowest BCUT2D eigenvalue weighted by molar-refractivity contribution is -0.357. The second-order valence-electron chi connectivity index (χ2n) is 24.5. The van der Waals surface area contributed by atoms with Crippen molar-refractivity contribution in [2.24, 2.45) is 16.7 Å². The van der Waals surface area contributed by atoms with Gasteiger partial charge < -0.3 is 108 Å². The van der Waals surface area contributed by atoms with Crippen molar-refractivity contribution in [2.45, 2.75) is 284 Å². The Balaban J connectivity index is 0.750. The first-order chi connectivity index (χ1) is 37.2. The number of hydrogen-bond donors (Lipinski definition) is 9. The van der Waals surface area contributed by atoms with Gasteiger partial charge in [0, 0.05) is 52.7 Å². The van der Waals surface area contributed by atoms with Crippen LogP contribution in [0.1, 0.15) is 126 Å². The Hall–Kier alpha value is -1.96. The second kappa shape index (κ2) is 23.5. The molecule has 4 aliphatic carbocycles. The van der Waals surface area contributed by atoms with Gasteiger partial charge in [-0.2, -0.15) is 0 Å². The van der Waals surface area contributed by atoms with Crippen molar-refractivity contribution in [3.8, 4) is 0 Å². The van der Waals surface area contributed by atoms with Crippen LogP contribution >= 0.6 is 0 Å². The standard InChI is InChI=1S/C55H88O24/c1-24-46(76-39-18-32(59)47(25(2)69-39)77-42-21-35(68-10)49(27(4)72-42)79-50-45(63)44(62)43(61)36(23-56)75-50)33(60)19-40(70-24)78-48-26(3)71-41(20-34(48)67-9)74-31-12-13-51(7)30(17-31)11-14-54(65)37(51)22-38(73-29(6)58)52(8)53(64,28(5)57)15-16-55(52,54)66/h11,24-27,31-50,56,59-66H,12-23H2,1-10H3/t24-,25-,26-,27-,31+,32+,33+,34+,35-,36-,37-,38-,39+,40+,41+,42+,43-,44+,45-,46-,47-,48-,49-,50+,51+,52-,53-,54+,55-/m1/s1. The summed E-state index contributed by atoms with van der Waals surface area (Å²) in [5.41, 5.74) is -6.90. The molecule has 0 aromatic rings. The fraction of sp³-hybridized carbons (Fsp3) is 0.927. The molecule has 0 unspecified atom stereocenters. The summed E-state index contributed by atoms with van der Waals surface area (Å²) in [6.07, 6.45) is -16.6. The zero-order valence-electron chi connectivity index (χ0n) is 47.1. The quantitative estimate of drug-likeness (QED) is 0.0773. The highest BCUT2D eigenvalue weighted by atomic mass is 16.8. The molecule has 24 heteroatoms. The maximum Gasteiger partial charge on any atom is 0.302 e. The number of ketones is 1. The molecule has 9 N–H and O–H groups in total. The molecule has 5 heterocycles. The van der Waals surface area contributed by atoms with E-state index in [9.17, 15) is 55.5 Å². The number of aliphatic hydroxyl groups excluding tert-OH is 6. The second-order valence-corrected chi connectivity index (χ2v) is 24.5. The Bertz CT molecular complexity index is 2150. The normalized spacial score (nSPS) is 53.0. The lowest BCUT2D eigenvalue weighted by atomic mass is 9.42. The van der Waals surface area contributed by atoms with E-state index in [1.807, 2.05) is 13.0 Å². The predicted molar refractivity (Wildman–Crippen MR) is 269 cm³/mol. The number of carbonyl (C=O) groups excluding carboxylic acids is 2. The molecule has 9 aliphatic rings. The zero-order valence-corrected chi connectivity index (χ0v) is 47.1. The summed E-state index contributed by atoms with van der Waals surface area (Å²) < 4.78 is 79.9. The van der Waals surface area contributed by atoms with Crippen molar-refractivity contribution in [3.05, 3.63) is 11.6 Å². The van der Waals surface area contributed by atoms with Gasteiger partial charge in [-0.15, -0.1) is 0 Å². The minimum atomic E-state index is -2.01. The summed E-state index contributed by atoms with van der Waals surface area (Å²) in [5.74, 6) is -1.71. The molecule has 3 saturated carbocycles. The molecule has 0 aromatic carbocycles. The van der Waals surface area contributed by atoms with Crippen molar-refractivity contribution in [3.63, 3.8) is 0 Å². The predicted octanol–water partition coefficient (Wildman–Crippen LogP) is 0.0580. The fourth-order valence-corrected chi connectivity index (χ4v) is 15.4. The number of fused-ring (bicyclic) bond motifs is 5. The third-order valence-corrected chi connectivity index (χ3v) is 20.0. The van der Waals surface area contributed by atoms with E-state index in [0.29, 0.717) is 25.7 Å². The lowest BCUT2D eigenvalue weighted by Crippen LogP contribution is -2.78. The summed E-state index contributed by atoms with van der Waals surface area (Å²) >= 11 is 0. The summed E-state index contributed by atoms with van der Waals surface area (Å²) in [5, 5.41) is 101. The van der Waals surface area contributed by atoms with Crippen LogP contribution in [0.4, 0.5) is 0 Å². The van der Waals surface area contributed by atoms with Gasteiger partial charge in [0.15, 0.2) is 37.2 Å². The van der Waals surface area contributed by atoms with Gasteiger partial charge in [0.25, 0.3) is 0 Å². The van der Waals surface area contributed by atoms with Crippen LogP contribution in [0.25, 0.3) is 0 Å². The van der Waals surface area contributed by atoms with Crippen LogP contribution in [0.3, 0.4) is 0 Å². The van der Waals surface area contributed by atoms with E-state index in [0.717, 1.165) is 5.57 Å². The molecule has 452 valence electrons. The highest BCUT2D eigenvalue weighted by Crippen LogP contribution is 2.71. The molecule has 0 spiro atoms. The van der Waals surface area contributed by atoms with Crippen molar-refractivity contribution in [1.29, 1.82) is 0 Å². The number of ether oxygens (including phenoxy) is 13. The lowest BCUT2D eigenvalue weighted by Gasteiger charge is -2.67. The number of aliphatic hydroxyl groups is 9. The van der Waals surface area contributed by atoms with E-state index >= 15 is 0 Å². The first-order valence-corrected chi connectivity index (χ1v) is 28.3. The Kier molecular flexibility index (Phi) is 18.3. The summed E-state index contributed by atoms with van der Waals surface area (Å²) in [7, 11) is 3.05. The summed E-state index contributed by atoms with van der Waals surface area (Å²) in [6.45, 7) is 12.6. The largest absolute Gasteiger partial charge is 0.462 e. The van der Waals surface area contributed by atoms with Gasteiger partial charge >= 0.3 is 5.97 Å². The molecule has 0 aromatic heterocycles. The average molecular weight is 1130 g/mol. The fourth-order valence-electron chi connectivity index (χ4n) is 15.4. The average Bonchev–Trinajstić information content (AvgIpc) is 3.93. The van der Waals surface area contributed by atoms with Gasteiger partial charge in [-0.05, 0) is 91.9 Å². The molecule has 0 bridgehead atoms. The monoisotopic (exact) mass is 1130 g/mol. The third-order valence-electron chi connectivity index (χ3n) is 20.0. The molecule has 79 heavy (non-hydrogen) atoms. The highest BCUT2D eigenvalue weighted by molar-refractivity contribution is 5.87. The van der Waals surface area contributed by atoms with Crippen LogP contribution in [-0.2, 0) is 71.2 Å². The zero-order chi connectivity index (χ0) is 57.5. The first-order valence-electron chi connectivity index (χ1n) is 28.3. The minimum Gasteiger partial charge on any atom is -0.462 e. The van der Waals surface area contributed by atoms with Gasteiger partial charge in [-0.25, -0.2) is 0 Å². The van der Waals surface area contributed by atoms with Gasteiger partial charge in [-0.3, -0.25) is 9.59 Å². The van der Waals surface area contributed by atoms with E-state index in [1.54, 1.807) is 34.8 Å². The Labute approximate surface area is 461 Å². The summed E-state index contributed by atoms with van der Waals surface area (Å²) in [6, 6.07) is 0. The smallest absolute Gasteiger partial charge is 0.302 e. The van der Waals surface area contributed by atoms with E-state index in [1.165, 1.54) is 21.0 Å². The van der Waals surface area contributed by atoms with Gasteiger partial charge in [0.05, 0.1) is 67.0 Å². The van der Waals surface area contributed by atoms with E-state index < -0.39 is 187 Å². The minimum absolute atomic E-state index is 0.00188. The number of Topliss-reactive ketones (excluding diaryl/α,β-unsaturated/α-hetero) is 1. The van der Waals surface area contributed by atoms with Crippen LogP contribution < -0.4 is 0 Å². The van der Waals surface area contributed by atoms with Crippen molar-refractivity contribution < 1.29 is 117 Å². The first kappa shape index (κ1) is 61.6. The maximum absolute atomic E-state index is 13.1. The van der Waals surface area contributed by atoms with Crippen molar-refractivity contribution in [1.82, 2.24) is 0 Å². The van der Waals surface area contributed by atoms with Crippen molar-refractivity contribution in [2.75, 3.05) is 20.8 Å². The van der Waals surface area contributed by atoms with Crippen LogP contribution in [0.5, 0.6) is 0 Å².